The van der Waals surface area contributed by atoms with Gasteiger partial charge in [0.15, 0.2) is 5.76 Å². The Bertz CT molecular complexity index is 689. The number of carbonyl (C=O) groups excluding carboxylic acids is 2. The van der Waals surface area contributed by atoms with Crippen LogP contribution in [-0.2, 0) is 4.79 Å². The molecule has 25 heavy (non-hydrogen) atoms. The first kappa shape index (κ1) is 17.3. The molecule has 5 nitrogen and oxygen atoms in total. The SMILES string of the molecule is C[C@@H](NC(=O)c1ccco1)C(=O)NC1CCC(c2ccccc2)CC1. The van der Waals surface area contributed by atoms with E-state index < -0.39 is 6.04 Å². The fourth-order valence-corrected chi connectivity index (χ4v) is 3.36. The third-order valence-electron chi connectivity index (χ3n) is 4.83. The van der Waals surface area contributed by atoms with Crippen LogP contribution in [0.25, 0.3) is 0 Å². The number of benzene rings is 1. The second-order valence-corrected chi connectivity index (χ2v) is 6.64. The Morgan fingerprint density at radius 1 is 1.04 bits per heavy atom. The summed E-state index contributed by atoms with van der Waals surface area (Å²) in [5.41, 5.74) is 1.38. The molecule has 1 atom stereocenters. The molecule has 0 spiro atoms. The Kier molecular flexibility index (Phi) is 5.53. The van der Waals surface area contributed by atoms with Gasteiger partial charge in [0.05, 0.1) is 6.26 Å². The Balaban J connectivity index is 1.45. The van der Waals surface area contributed by atoms with Gasteiger partial charge >= 0.3 is 0 Å². The van der Waals surface area contributed by atoms with Crippen molar-refractivity contribution in [3.63, 3.8) is 0 Å². The van der Waals surface area contributed by atoms with Crippen LogP contribution in [0.15, 0.2) is 53.1 Å². The third kappa shape index (κ3) is 4.50. The molecule has 1 aliphatic carbocycles. The van der Waals surface area contributed by atoms with Gasteiger partial charge in [0.2, 0.25) is 5.91 Å². The molecule has 0 unspecified atom stereocenters. The van der Waals surface area contributed by atoms with E-state index >= 15 is 0 Å². The fraction of sp³-hybridized carbons (Fsp3) is 0.400. The minimum atomic E-state index is -0.593. The third-order valence-corrected chi connectivity index (χ3v) is 4.83. The lowest BCUT2D eigenvalue weighted by Gasteiger charge is -2.30. The maximum absolute atomic E-state index is 12.3. The number of furan rings is 1. The molecule has 0 bridgehead atoms. The molecule has 5 heteroatoms. The average Bonchev–Trinajstić information content (AvgIpc) is 3.18. The minimum Gasteiger partial charge on any atom is -0.459 e. The van der Waals surface area contributed by atoms with E-state index in [1.54, 1.807) is 19.1 Å². The summed E-state index contributed by atoms with van der Waals surface area (Å²) < 4.78 is 5.04. The van der Waals surface area contributed by atoms with E-state index in [0.29, 0.717) is 5.92 Å². The highest BCUT2D eigenvalue weighted by Gasteiger charge is 2.25. The molecule has 2 N–H and O–H groups in total. The van der Waals surface area contributed by atoms with Gasteiger partial charge in [0, 0.05) is 6.04 Å². The van der Waals surface area contributed by atoms with Crippen LogP contribution in [0, 0.1) is 0 Å². The monoisotopic (exact) mass is 340 g/mol. The highest BCUT2D eigenvalue weighted by atomic mass is 16.3. The summed E-state index contributed by atoms with van der Waals surface area (Å²) in [5, 5.41) is 5.72. The Morgan fingerprint density at radius 2 is 1.76 bits per heavy atom. The lowest BCUT2D eigenvalue weighted by molar-refractivity contribution is -0.123. The van der Waals surface area contributed by atoms with Crippen LogP contribution in [0.3, 0.4) is 0 Å². The van der Waals surface area contributed by atoms with Crippen molar-refractivity contribution in [2.75, 3.05) is 0 Å². The molecule has 2 amide bonds. The second kappa shape index (κ2) is 8.01. The van der Waals surface area contributed by atoms with E-state index in [1.165, 1.54) is 11.8 Å². The molecule has 0 radical (unpaired) electrons. The number of hydrogen-bond donors (Lipinski definition) is 2. The first-order valence-electron chi connectivity index (χ1n) is 8.83. The van der Waals surface area contributed by atoms with Crippen molar-refractivity contribution in [1.29, 1.82) is 0 Å². The van der Waals surface area contributed by atoms with Crippen LogP contribution in [0.2, 0.25) is 0 Å². The zero-order valence-electron chi connectivity index (χ0n) is 14.4. The van der Waals surface area contributed by atoms with Crippen LogP contribution in [0.4, 0.5) is 0 Å². The number of amides is 2. The topological polar surface area (TPSA) is 71.3 Å². The van der Waals surface area contributed by atoms with Crippen molar-refractivity contribution in [2.45, 2.75) is 50.6 Å². The van der Waals surface area contributed by atoms with E-state index in [9.17, 15) is 9.59 Å². The number of hydrogen-bond acceptors (Lipinski definition) is 3. The summed E-state index contributed by atoms with van der Waals surface area (Å²) in [5.74, 6) is 0.261. The molecule has 1 aromatic heterocycles. The van der Waals surface area contributed by atoms with Gasteiger partial charge in [0.25, 0.3) is 5.91 Å². The van der Waals surface area contributed by atoms with Gasteiger partial charge in [-0.05, 0) is 56.2 Å². The lowest BCUT2D eigenvalue weighted by atomic mass is 9.82. The molecule has 0 saturated heterocycles. The average molecular weight is 340 g/mol. The van der Waals surface area contributed by atoms with Gasteiger partial charge in [0.1, 0.15) is 6.04 Å². The molecule has 1 aliphatic rings. The molecule has 1 aromatic carbocycles. The van der Waals surface area contributed by atoms with E-state index in [-0.39, 0.29) is 23.6 Å². The molecule has 1 heterocycles. The van der Waals surface area contributed by atoms with E-state index in [2.05, 4.69) is 34.9 Å². The van der Waals surface area contributed by atoms with Crippen molar-refractivity contribution in [3.8, 4) is 0 Å². The molecular formula is C20H24N2O3. The van der Waals surface area contributed by atoms with E-state index in [4.69, 9.17) is 4.42 Å². The quantitative estimate of drug-likeness (QED) is 0.878. The van der Waals surface area contributed by atoms with E-state index in [1.807, 2.05) is 6.07 Å². The van der Waals surface area contributed by atoms with Crippen LogP contribution in [0.1, 0.15) is 54.6 Å². The number of carbonyl (C=O) groups is 2. The highest BCUT2D eigenvalue weighted by molar-refractivity contribution is 5.95. The van der Waals surface area contributed by atoms with Crippen LogP contribution < -0.4 is 10.6 Å². The predicted octanol–water partition coefficient (Wildman–Crippen LogP) is 3.24. The molecule has 1 fully saturated rings. The summed E-state index contributed by atoms with van der Waals surface area (Å²) in [7, 11) is 0. The number of nitrogens with one attached hydrogen (secondary N) is 2. The fourth-order valence-electron chi connectivity index (χ4n) is 3.36. The zero-order chi connectivity index (χ0) is 17.6. The van der Waals surface area contributed by atoms with Crippen molar-refractivity contribution in [1.82, 2.24) is 10.6 Å². The van der Waals surface area contributed by atoms with Crippen molar-refractivity contribution in [3.05, 3.63) is 60.1 Å². The first-order valence-corrected chi connectivity index (χ1v) is 8.83. The van der Waals surface area contributed by atoms with Gasteiger partial charge in [-0.25, -0.2) is 0 Å². The number of rotatable bonds is 5. The lowest BCUT2D eigenvalue weighted by Crippen LogP contribution is -2.48. The van der Waals surface area contributed by atoms with Gasteiger partial charge in [-0.15, -0.1) is 0 Å². The molecule has 2 aromatic rings. The summed E-state index contributed by atoms with van der Waals surface area (Å²) >= 11 is 0. The molecular weight excluding hydrogens is 316 g/mol. The molecule has 3 rings (SSSR count). The summed E-state index contributed by atoms with van der Waals surface area (Å²) in [6.45, 7) is 1.69. The standard InChI is InChI=1S/C20H24N2O3/c1-14(21-20(24)18-8-5-13-25-18)19(23)22-17-11-9-16(10-12-17)15-6-3-2-4-7-15/h2-8,13-14,16-17H,9-12H2,1H3,(H,21,24)(H,22,23)/t14-,16?,17?/m1/s1. The summed E-state index contributed by atoms with van der Waals surface area (Å²) in [6.07, 6.45) is 5.50. The first-order chi connectivity index (χ1) is 12.1. The minimum absolute atomic E-state index is 0.150. The van der Waals surface area contributed by atoms with Crippen molar-refractivity contribution >= 4 is 11.8 Å². The van der Waals surface area contributed by atoms with Crippen LogP contribution in [-0.4, -0.2) is 23.9 Å². The van der Waals surface area contributed by atoms with Gasteiger partial charge < -0.3 is 15.1 Å². The predicted molar refractivity (Wildman–Crippen MR) is 95.2 cm³/mol. The summed E-state index contributed by atoms with van der Waals surface area (Å²) in [6, 6.07) is 13.3. The molecule has 1 saturated carbocycles. The van der Waals surface area contributed by atoms with Crippen molar-refractivity contribution in [2.24, 2.45) is 0 Å². The zero-order valence-corrected chi connectivity index (χ0v) is 14.4. The Hall–Kier alpha value is -2.56. The Morgan fingerprint density at radius 3 is 2.40 bits per heavy atom. The largest absolute Gasteiger partial charge is 0.459 e. The smallest absolute Gasteiger partial charge is 0.287 e. The van der Waals surface area contributed by atoms with Gasteiger partial charge in [-0.3, -0.25) is 9.59 Å². The summed E-state index contributed by atoms with van der Waals surface area (Å²) in [4.78, 5) is 24.2. The molecule has 0 aliphatic heterocycles. The van der Waals surface area contributed by atoms with Crippen LogP contribution >= 0.6 is 0 Å². The van der Waals surface area contributed by atoms with Gasteiger partial charge in [-0.1, -0.05) is 30.3 Å². The van der Waals surface area contributed by atoms with Crippen molar-refractivity contribution < 1.29 is 14.0 Å². The Labute approximate surface area is 147 Å². The normalized spacial score (nSPS) is 21.3. The van der Waals surface area contributed by atoms with Gasteiger partial charge in [-0.2, -0.15) is 0 Å². The maximum atomic E-state index is 12.3. The van der Waals surface area contributed by atoms with E-state index in [0.717, 1.165) is 25.7 Å². The van der Waals surface area contributed by atoms with Crippen LogP contribution in [0.5, 0.6) is 0 Å². The maximum Gasteiger partial charge on any atom is 0.287 e. The molecule has 132 valence electrons. The highest BCUT2D eigenvalue weighted by Crippen LogP contribution is 2.32. The second-order valence-electron chi connectivity index (χ2n) is 6.64.